The van der Waals surface area contributed by atoms with Gasteiger partial charge in [0.1, 0.15) is 13.2 Å². The summed E-state index contributed by atoms with van der Waals surface area (Å²) >= 11 is 4.38. The first kappa shape index (κ1) is 22.2. The molecule has 0 unspecified atom stereocenters. The van der Waals surface area contributed by atoms with E-state index in [1.54, 1.807) is 20.0 Å². The molecule has 0 bridgehead atoms. The highest BCUT2D eigenvalue weighted by molar-refractivity contribution is 14.3. The zero-order valence-corrected chi connectivity index (χ0v) is 17.5. The molecule has 9 heteroatoms. The number of rotatable bonds is 8. The maximum absolute atomic E-state index is 11.8. The number of phosphoric acid groups is 1. The first-order chi connectivity index (χ1) is 8.24. The van der Waals surface area contributed by atoms with E-state index in [0.29, 0.717) is 19.8 Å². The normalized spacial score (nSPS) is 11.9. The Labute approximate surface area is 139 Å². The number of likely N-dealkylation sites (N-methyl/N-ethyl adjacent to an activating group) is 1. The predicted molar refractivity (Wildman–Crippen MR) is 95.3 cm³/mol. The van der Waals surface area contributed by atoms with Crippen LogP contribution in [0.2, 0.25) is 0 Å². The van der Waals surface area contributed by atoms with Gasteiger partial charge in [0.05, 0.1) is 34.4 Å². The lowest BCUT2D eigenvalue weighted by molar-refractivity contribution is -0.870. The molecule has 0 aromatic carbocycles. The third-order valence-electron chi connectivity index (χ3n) is 1.59. The van der Waals surface area contributed by atoms with Crippen LogP contribution >= 0.6 is 56.3 Å². The van der Waals surface area contributed by atoms with Crippen LogP contribution < -0.4 is 0 Å². The fraction of sp³-hybridized carbons (Fsp3) is 1.00. The van der Waals surface area contributed by atoms with Crippen LogP contribution in [0, 0.1) is 0 Å². The summed E-state index contributed by atoms with van der Waals surface area (Å²) in [7, 11) is 2.80. The third-order valence-corrected chi connectivity index (χ3v) is 3.23. The SMILES string of the molecule is CCOP(=O)(OCC)OCC[N+](C)(C)C.ISI. The van der Waals surface area contributed by atoms with Crippen molar-refractivity contribution < 1.29 is 22.6 Å². The van der Waals surface area contributed by atoms with Crippen molar-refractivity contribution in [3.63, 3.8) is 0 Å². The van der Waals surface area contributed by atoms with Crippen molar-refractivity contribution >= 4 is 56.3 Å². The predicted octanol–water partition coefficient (Wildman–Crippen LogP) is 4.31. The van der Waals surface area contributed by atoms with Gasteiger partial charge in [-0.25, -0.2) is 4.57 Å². The molecule has 5 nitrogen and oxygen atoms in total. The Morgan fingerprint density at radius 2 is 1.44 bits per heavy atom. The zero-order valence-electron chi connectivity index (χ0n) is 11.5. The highest BCUT2D eigenvalue weighted by atomic mass is 127. The summed E-state index contributed by atoms with van der Waals surface area (Å²) in [6.07, 6.45) is 1.69. The Bertz CT molecular complexity index is 231. The highest BCUT2D eigenvalue weighted by Crippen LogP contribution is 2.48. The van der Waals surface area contributed by atoms with E-state index in [1.165, 1.54) is 0 Å². The topological polar surface area (TPSA) is 44.8 Å². The van der Waals surface area contributed by atoms with E-state index in [-0.39, 0.29) is 0 Å². The van der Waals surface area contributed by atoms with Crippen molar-refractivity contribution in [3.8, 4) is 0 Å². The first-order valence-electron chi connectivity index (χ1n) is 5.48. The van der Waals surface area contributed by atoms with Gasteiger partial charge in [0.25, 0.3) is 0 Å². The minimum Gasteiger partial charge on any atom is -0.329 e. The molecule has 0 heterocycles. The van der Waals surface area contributed by atoms with Gasteiger partial charge in [-0.15, -0.1) is 0 Å². The lowest BCUT2D eigenvalue weighted by atomic mass is 10.5. The molecule has 0 aliphatic rings. The summed E-state index contributed by atoms with van der Waals surface area (Å²) in [6.45, 7) is 5.28. The lowest BCUT2D eigenvalue weighted by Gasteiger charge is -2.24. The van der Waals surface area contributed by atoms with Crippen LogP contribution in [0.15, 0.2) is 0 Å². The van der Waals surface area contributed by atoms with E-state index in [9.17, 15) is 4.57 Å². The maximum atomic E-state index is 11.8. The molecule has 0 saturated carbocycles. The van der Waals surface area contributed by atoms with Gasteiger partial charge in [-0.2, -0.15) is 0 Å². The monoisotopic (exact) mass is 526 g/mol. The van der Waals surface area contributed by atoms with E-state index in [1.807, 2.05) is 21.1 Å². The average molecular weight is 526 g/mol. The second-order valence-corrected chi connectivity index (χ2v) is 13.7. The van der Waals surface area contributed by atoms with Gasteiger partial charge >= 0.3 is 7.82 Å². The molecule has 0 fully saturated rings. The van der Waals surface area contributed by atoms with Gasteiger partial charge in [-0.05, 0) is 20.0 Å². The van der Waals surface area contributed by atoms with E-state index in [0.717, 1.165) is 11.0 Å². The van der Waals surface area contributed by atoms with E-state index >= 15 is 0 Å². The Morgan fingerprint density at radius 3 is 1.72 bits per heavy atom. The summed E-state index contributed by atoms with van der Waals surface area (Å²) in [5.41, 5.74) is 0. The molecule has 18 heavy (non-hydrogen) atoms. The summed E-state index contributed by atoms with van der Waals surface area (Å²) in [4.78, 5) is 0. The fourth-order valence-corrected chi connectivity index (χ4v) is 2.02. The molecule has 0 rings (SSSR count). The van der Waals surface area contributed by atoms with Crippen LogP contribution in [0.1, 0.15) is 13.8 Å². The number of quaternary nitrogens is 1. The van der Waals surface area contributed by atoms with Crippen molar-refractivity contribution in [3.05, 3.63) is 0 Å². The molecule has 112 valence electrons. The molecule has 0 amide bonds. The molecule has 0 atom stereocenters. The second-order valence-electron chi connectivity index (χ2n) is 4.19. The van der Waals surface area contributed by atoms with Gasteiger partial charge in [0, 0.05) is 42.4 Å². The maximum Gasteiger partial charge on any atom is 0.474 e. The molecule has 0 aromatic heterocycles. The minimum atomic E-state index is -3.32. The van der Waals surface area contributed by atoms with E-state index in [4.69, 9.17) is 13.6 Å². The van der Waals surface area contributed by atoms with Gasteiger partial charge in [-0.3, -0.25) is 13.6 Å². The Morgan fingerprint density at radius 1 is 1.06 bits per heavy atom. The summed E-state index contributed by atoms with van der Waals surface area (Å²) in [5, 5.41) is 0. The summed E-state index contributed by atoms with van der Waals surface area (Å²) in [6, 6.07) is 0. The summed E-state index contributed by atoms with van der Waals surface area (Å²) < 4.78 is 27.7. The highest BCUT2D eigenvalue weighted by Gasteiger charge is 2.26. The molecule has 0 aliphatic heterocycles. The van der Waals surface area contributed by atoms with Gasteiger partial charge < -0.3 is 4.48 Å². The molecule has 0 radical (unpaired) electrons. The number of nitrogens with zero attached hydrogens (tertiary/aromatic N) is 1. The Hall–Kier alpha value is 1.88. The van der Waals surface area contributed by atoms with Crippen LogP contribution in [-0.4, -0.2) is 52.0 Å². The molecule has 0 aliphatic carbocycles. The molecule has 0 aromatic rings. The van der Waals surface area contributed by atoms with Gasteiger partial charge in [0.15, 0.2) is 0 Å². The van der Waals surface area contributed by atoms with Crippen LogP contribution in [0.4, 0.5) is 0 Å². The van der Waals surface area contributed by atoms with Crippen LogP contribution in [0.3, 0.4) is 0 Å². The van der Waals surface area contributed by atoms with Crippen LogP contribution in [-0.2, 0) is 18.1 Å². The van der Waals surface area contributed by atoms with Crippen molar-refractivity contribution in [1.29, 1.82) is 0 Å². The number of hydrogen-bond acceptors (Lipinski definition) is 5. The van der Waals surface area contributed by atoms with Crippen molar-refractivity contribution in [2.24, 2.45) is 0 Å². The van der Waals surface area contributed by atoms with Crippen molar-refractivity contribution in [2.45, 2.75) is 13.8 Å². The van der Waals surface area contributed by atoms with Gasteiger partial charge in [0.2, 0.25) is 0 Å². The molecular weight excluding hydrogens is 503 g/mol. The standard InChI is InChI=1S/C9H23NO4P.I2S/c1-6-12-15(11,13-7-2)14-9-8-10(3,4)5;1-3-2/h6-9H2,1-5H3;/q+1;. The van der Waals surface area contributed by atoms with Gasteiger partial charge in [-0.1, -0.05) is 0 Å². The lowest BCUT2D eigenvalue weighted by Crippen LogP contribution is -2.37. The number of phosphoric ester groups is 1. The molecule has 0 saturated heterocycles. The number of hydrogen-bond donors (Lipinski definition) is 0. The van der Waals surface area contributed by atoms with Crippen molar-refractivity contribution in [2.75, 3.05) is 47.5 Å². The number of halogens is 2. The Kier molecular flexibility index (Phi) is 15.5. The van der Waals surface area contributed by atoms with Crippen molar-refractivity contribution in [1.82, 2.24) is 0 Å². The Balaban J connectivity index is 0. The second kappa shape index (κ2) is 12.6. The van der Waals surface area contributed by atoms with Crippen LogP contribution in [0.5, 0.6) is 0 Å². The third kappa shape index (κ3) is 15.9. The molecule has 0 N–H and O–H groups in total. The minimum absolute atomic E-state index is 0.321. The summed E-state index contributed by atoms with van der Waals surface area (Å²) in [5.74, 6) is 0. The largest absolute Gasteiger partial charge is 0.474 e. The van der Waals surface area contributed by atoms with E-state index < -0.39 is 7.82 Å². The molecule has 0 spiro atoms. The molecular formula is C9H23I2NO4PS+. The zero-order chi connectivity index (χ0) is 14.7. The average Bonchev–Trinajstić information content (AvgIpc) is 2.17. The quantitative estimate of drug-likeness (QED) is 0.268. The smallest absolute Gasteiger partial charge is 0.329 e. The van der Waals surface area contributed by atoms with E-state index in [2.05, 4.69) is 42.4 Å². The van der Waals surface area contributed by atoms with Crippen LogP contribution in [0.25, 0.3) is 0 Å². The fourth-order valence-electron chi connectivity index (χ4n) is 0.855. The first-order valence-corrected chi connectivity index (χ1v) is 12.8.